The van der Waals surface area contributed by atoms with Crippen molar-refractivity contribution in [3.05, 3.63) is 46.2 Å². The predicted molar refractivity (Wildman–Crippen MR) is 99.6 cm³/mol. The fraction of sp³-hybridized carbons (Fsp3) is 0.450. The van der Waals surface area contributed by atoms with E-state index in [0.29, 0.717) is 16.6 Å². The number of nitrogens with zero attached hydrogens (tertiary/aromatic N) is 1. The zero-order chi connectivity index (χ0) is 17.3. The first-order valence-electron chi connectivity index (χ1n) is 8.84. The minimum Gasteiger partial charge on any atom is -0.366 e. The topological polar surface area (TPSA) is 48.0 Å². The number of unbranched alkanes of at least 4 members (excludes halogenated alkanes) is 2. The van der Waals surface area contributed by atoms with Gasteiger partial charge in [-0.3, -0.25) is 4.79 Å². The van der Waals surface area contributed by atoms with Crippen LogP contribution in [0.25, 0.3) is 11.1 Å². The molecule has 1 amide bonds. The van der Waals surface area contributed by atoms with Crippen LogP contribution in [0.1, 0.15) is 66.8 Å². The Morgan fingerprint density at radius 3 is 2.58 bits per heavy atom. The van der Waals surface area contributed by atoms with Gasteiger partial charge in [0.15, 0.2) is 0 Å². The van der Waals surface area contributed by atoms with Gasteiger partial charge in [0.05, 0.1) is 5.56 Å². The fourth-order valence-corrected chi connectivity index (χ4v) is 3.87. The molecule has 0 bridgehead atoms. The molecule has 3 rings (SSSR count). The number of aromatic nitrogens is 1. The van der Waals surface area contributed by atoms with Crippen LogP contribution >= 0.6 is 11.6 Å². The third-order valence-corrected chi connectivity index (χ3v) is 5.20. The van der Waals surface area contributed by atoms with Crippen molar-refractivity contribution in [1.29, 1.82) is 0 Å². The second-order valence-corrected chi connectivity index (χ2v) is 7.09. The van der Waals surface area contributed by atoms with Gasteiger partial charge in [-0.2, -0.15) is 0 Å². The molecule has 0 unspecified atom stereocenters. The number of hydrogen-bond donors (Lipinski definition) is 1. The van der Waals surface area contributed by atoms with Crippen LogP contribution in [0.5, 0.6) is 0 Å². The van der Waals surface area contributed by atoms with Crippen molar-refractivity contribution in [2.75, 3.05) is 0 Å². The molecule has 1 aromatic heterocycles. The SMILES string of the molecule is CCCCCc1c(-c2ccccc2Cl)c(C(N)=O)c(C)n1C1CC1. The van der Waals surface area contributed by atoms with E-state index in [9.17, 15) is 4.79 Å². The molecule has 24 heavy (non-hydrogen) atoms. The number of carbonyl (C=O) groups excluding carboxylic acids is 1. The molecular weight excluding hydrogens is 320 g/mol. The van der Waals surface area contributed by atoms with E-state index in [1.54, 1.807) is 0 Å². The van der Waals surface area contributed by atoms with E-state index >= 15 is 0 Å². The van der Waals surface area contributed by atoms with E-state index in [0.717, 1.165) is 29.7 Å². The fourth-order valence-electron chi connectivity index (χ4n) is 3.64. The molecule has 1 aliphatic carbocycles. The summed E-state index contributed by atoms with van der Waals surface area (Å²) in [5, 5.41) is 0.671. The number of rotatable bonds is 7. The molecule has 0 aliphatic heterocycles. The molecule has 2 N–H and O–H groups in total. The van der Waals surface area contributed by atoms with Crippen molar-refractivity contribution in [2.45, 2.75) is 58.4 Å². The van der Waals surface area contributed by atoms with Gasteiger partial charge in [-0.15, -0.1) is 0 Å². The van der Waals surface area contributed by atoms with Crippen LogP contribution in [0, 0.1) is 6.92 Å². The lowest BCUT2D eigenvalue weighted by molar-refractivity contribution is 0.1000. The van der Waals surface area contributed by atoms with Gasteiger partial charge in [-0.1, -0.05) is 49.6 Å². The molecule has 0 radical (unpaired) electrons. The van der Waals surface area contributed by atoms with Gasteiger partial charge in [0, 0.05) is 33.6 Å². The number of hydrogen-bond acceptors (Lipinski definition) is 1. The van der Waals surface area contributed by atoms with Crippen LogP contribution < -0.4 is 5.73 Å². The maximum Gasteiger partial charge on any atom is 0.251 e. The van der Waals surface area contributed by atoms with E-state index < -0.39 is 0 Å². The molecule has 3 nitrogen and oxygen atoms in total. The normalized spacial score (nSPS) is 14.1. The molecule has 0 atom stereocenters. The summed E-state index contributed by atoms with van der Waals surface area (Å²) in [6.07, 6.45) is 6.78. The number of halogens is 1. The highest BCUT2D eigenvalue weighted by Crippen LogP contribution is 2.44. The molecule has 1 fully saturated rings. The Balaban J connectivity index is 2.21. The largest absolute Gasteiger partial charge is 0.366 e. The maximum atomic E-state index is 12.2. The van der Waals surface area contributed by atoms with Crippen LogP contribution in [-0.2, 0) is 6.42 Å². The Bertz CT molecular complexity index is 759. The van der Waals surface area contributed by atoms with E-state index in [4.69, 9.17) is 17.3 Å². The summed E-state index contributed by atoms with van der Waals surface area (Å²) in [7, 11) is 0. The summed E-state index contributed by atoms with van der Waals surface area (Å²) in [6, 6.07) is 8.25. The first kappa shape index (κ1) is 17.1. The van der Waals surface area contributed by atoms with Gasteiger partial charge >= 0.3 is 0 Å². The molecule has 1 aromatic carbocycles. The number of amides is 1. The predicted octanol–water partition coefficient (Wildman–Crippen LogP) is 5.28. The summed E-state index contributed by atoms with van der Waals surface area (Å²) in [5.74, 6) is -0.362. The second-order valence-electron chi connectivity index (χ2n) is 6.68. The second kappa shape index (κ2) is 7.02. The van der Waals surface area contributed by atoms with Gasteiger partial charge in [0.1, 0.15) is 0 Å². The van der Waals surface area contributed by atoms with Crippen molar-refractivity contribution >= 4 is 17.5 Å². The van der Waals surface area contributed by atoms with E-state index in [-0.39, 0.29) is 5.91 Å². The van der Waals surface area contributed by atoms with Gasteiger partial charge in [-0.05, 0) is 38.7 Å². The Morgan fingerprint density at radius 2 is 2.00 bits per heavy atom. The van der Waals surface area contributed by atoms with Crippen molar-refractivity contribution in [1.82, 2.24) is 4.57 Å². The molecular formula is C20H25ClN2O. The number of carbonyl (C=O) groups is 1. The van der Waals surface area contributed by atoms with Crippen molar-refractivity contribution in [3.63, 3.8) is 0 Å². The molecule has 0 spiro atoms. The van der Waals surface area contributed by atoms with Gasteiger partial charge in [0.25, 0.3) is 5.91 Å². The summed E-state index contributed by atoms with van der Waals surface area (Å²) < 4.78 is 2.36. The van der Waals surface area contributed by atoms with Crippen LogP contribution in [-0.4, -0.2) is 10.5 Å². The molecule has 2 aromatic rings. The Labute approximate surface area is 148 Å². The summed E-state index contributed by atoms with van der Waals surface area (Å²) in [4.78, 5) is 12.2. The zero-order valence-electron chi connectivity index (χ0n) is 14.4. The lowest BCUT2D eigenvalue weighted by Gasteiger charge is -2.13. The Morgan fingerprint density at radius 1 is 1.29 bits per heavy atom. The smallest absolute Gasteiger partial charge is 0.251 e. The summed E-state index contributed by atoms with van der Waals surface area (Å²) >= 11 is 6.46. The molecule has 128 valence electrons. The quantitative estimate of drug-likeness (QED) is 0.682. The monoisotopic (exact) mass is 344 g/mol. The van der Waals surface area contributed by atoms with E-state index in [2.05, 4.69) is 11.5 Å². The molecule has 4 heteroatoms. The Kier molecular flexibility index (Phi) is 5.00. The van der Waals surface area contributed by atoms with Crippen LogP contribution in [0.3, 0.4) is 0 Å². The van der Waals surface area contributed by atoms with Gasteiger partial charge < -0.3 is 10.3 Å². The van der Waals surface area contributed by atoms with Crippen LogP contribution in [0.4, 0.5) is 0 Å². The first-order chi connectivity index (χ1) is 11.6. The average molecular weight is 345 g/mol. The lowest BCUT2D eigenvalue weighted by Crippen LogP contribution is -2.13. The van der Waals surface area contributed by atoms with Crippen molar-refractivity contribution in [2.24, 2.45) is 5.73 Å². The van der Waals surface area contributed by atoms with E-state index in [1.165, 1.54) is 31.4 Å². The van der Waals surface area contributed by atoms with Crippen LogP contribution in [0.2, 0.25) is 5.02 Å². The van der Waals surface area contributed by atoms with Crippen molar-refractivity contribution in [3.8, 4) is 11.1 Å². The highest BCUT2D eigenvalue weighted by Gasteiger charge is 2.33. The van der Waals surface area contributed by atoms with E-state index in [1.807, 2.05) is 31.2 Å². The molecule has 0 saturated heterocycles. The number of primary amides is 1. The van der Waals surface area contributed by atoms with Crippen molar-refractivity contribution < 1.29 is 4.79 Å². The van der Waals surface area contributed by atoms with Gasteiger partial charge in [0.2, 0.25) is 0 Å². The lowest BCUT2D eigenvalue weighted by atomic mass is 9.97. The standard InChI is InChI=1S/C20H25ClN2O/c1-3-4-5-10-17-19(15-8-6-7-9-16(15)21)18(20(22)24)13(2)23(17)14-11-12-14/h6-9,14H,3-5,10-12H2,1-2H3,(H2,22,24). The third-order valence-electron chi connectivity index (χ3n) is 4.87. The average Bonchev–Trinajstić information content (AvgIpc) is 3.33. The maximum absolute atomic E-state index is 12.2. The number of benzene rings is 1. The highest BCUT2D eigenvalue weighted by atomic mass is 35.5. The minimum atomic E-state index is -0.362. The number of nitrogens with two attached hydrogens (primary N) is 1. The molecule has 1 heterocycles. The molecule has 1 aliphatic rings. The zero-order valence-corrected chi connectivity index (χ0v) is 15.2. The summed E-state index contributed by atoms with van der Waals surface area (Å²) in [5.41, 5.74) is 10.5. The summed E-state index contributed by atoms with van der Waals surface area (Å²) in [6.45, 7) is 4.22. The van der Waals surface area contributed by atoms with Gasteiger partial charge in [-0.25, -0.2) is 0 Å². The highest BCUT2D eigenvalue weighted by molar-refractivity contribution is 6.33. The Hall–Kier alpha value is -1.74. The third kappa shape index (κ3) is 3.10. The van der Waals surface area contributed by atoms with Crippen LogP contribution in [0.15, 0.2) is 24.3 Å². The first-order valence-corrected chi connectivity index (χ1v) is 9.22. The molecule has 1 saturated carbocycles. The minimum absolute atomic E-state index is 0.362.